The zero-order valence-electron chi connectivity index (χ0n) is 21.3. The van der Waals surface area contributed by atoms with Gasteiger partial charge in [-0.1, -0.05) is 18.5 Å². The van der Waals surface area contributed by atoms with Gasteiger partial charge in [0.25, 0.3) is 0 Å². The lowest BCUT2D eigenvalue weighted by Crippen LogP contribution is -2.57. The molecule has 2 aromatic rings. The van der Waals surface area contributed by atoms with Gasteiger partial charge in [0.15, 0.2) is 0 Å². The molecule has 0 atom stereocenters. The number of anilines is 3. The van der Waals surface area contributed by atoms with E-state index in [0.29, 0.717) is 28.5 Å². The molecular weight excluding hydrogens is 472 g/mol. The molecule has 3 saturated carbocycles. The molecule has 7 nitrogen and oxygen atoms in total. The summed E-state index contributed by atoms with van der Waals surface area (Å²) < 4.78 is 0. The van der Waals surface area contributed by atoms with Crippen LogP contribution in [0, 0.1) is 11.3 Å². The van der Waals surface area contributed by atoms with E-state index in [0.717, 1.165) is 62.0 Å². The molecular formula is C28H39ClN6O. The van der Waals surface area contributed by atoms with Crippen LogP contribution in [-0.4, -0.2) is 56.2 Å². The molecule has 3 N–H and O–H groups in total. The Morgan fingerprint density at radius 1 is 1.03 bits per heavy atom. The summed E-state index contributed by atoms with van der Waals surface area (Å²) >= 11 is 6.06. The largest absolute Gasteiger partial charge is 0.393 e. The highest BCUT2D eigenvalue weighted by molar-refractivity contribution is 6.29. The van der Waals surface area contributed by atoms with Gasteiger partial charge in [-0.25, -0.2) is 9.97 Å². The molecule has 1 spiro atoms. The number of piperidine rings is 1. The Labute approximate surface area is 219 Å². The minimum Gasteiger partial charge on any atom is -0.393 e. The number of aromatic nitrogens is 3. The van der Waals surface area contributed by atoms with Crippen LogP contribution >= 0.6 is 11.6 Å². The van der Waals surface area contributed by atoms with Crippen LogP contribution in [0.3, 0.4) is 0 Å². The molecule has 194 valence electrons. The van der Waals surface area contributed by atoms with E-state index in [2.05, 4.69) is 27.4 Å². The van der Waals surface area contributed by atoms with E-state index in [4.69, 9.17) is 21.6 Å². The maximum absolute atomic E-state index is 9.96. The molecule has 1 aliphatic heterocycles. The summed E-state index contributed by atoms with van der Waals surface area (Å²) in [5.41, 5.74) is 2.76. The molecule has 3 aliphatic carbocycles. The molecule has 0 unspecified atom stereocenters. The van der Waals surface area contributed by atoms with Gasteiger partial charge in [0.05, 0.1) is 6.10 Å². The van der Waals surface area contributed by atoms with Gasteiger partial charge in [-0.05, 0) is 107 Å². The Bertz CT molecular complexity index is 1050. The van der Waals surface area contributed by atoms with Gasteiger partial charge in [-0.2, -0.15) is 4.98 Å². The lowest BCUT2D eigenvalue weighted by Gasteiger charge is -2.60. The third-order valence-electron chi connectivity index (χ3n) is 9.22. The number of nitrogens with one attached hydrogen (secondary N) is 2. The number of rotatable bonds is 6. The summed E-state index contributed by atoms with van der Waals surface area (Å²) in [4.78, 5) is 16.4. The topological polar surface area (TPSA) is 86.2 Å². The van der Waals surface area contributed by atoms with E-state index in [1.165, 1.54) is 44.3 Å². The second kappa shape index (κ2) is 10.1. The summed E-state index contributed by atoms with van der Waals surface area (Å²) in [5.74, 6) is 2.92. The summed E-state index contributed by atoms with van der Waals surface area (Å²) in [6.07, 6.45) is 15.2. The summed E-state index contributed by atoms with van der Waals surface area (Å²) in [5, 5.41) is 17.4. The number of hydrogen-bond acceptors (Lipinski definition) is 7. The van der Waals surface area contributed by atoms with Crippen LogP contribution in [0.1, 0.15) is 82.6 Å². The lowest BCUT2D eigenvalue weighted by atomic mass is 9.50. The average molecular weight is 511 g/mol. The van der Waals surface area contributed by atoms with Crippen LogP contribution in [0.15, 0.2) is 24.5 Å². The number of aliphatic hydroxyl groups excluding tert-OH is 1. The molecule has 0 aromatic carbocycles. The molecule has 0 radical (unpaired) electrons. The minimum absolute atomic E-state index is 0.167. The Balaban J connectivity index is 1.14. The van der Waals surface area contributed by atoms with Crippen LogP contribution in [-0.2, 0) is 0 Å². The second-order valence-corrected chi connectivity index (χ2v) is 12.4. The maximum atomic E-state index is 9.96. The normalized spacial score (nSPS) is 33.1. The van der Waals surface area contributed by atoms with Gasteiger partial charge in [-0.15, -0.1) is 0 Å². The van der Waals surface area contributed by atoms with Crippen LogP contribution in [0.2, 0.25) is 5.15 Å². The Morgan fingerprint density at radius 2 is 1.78 bits per heavy atom. The van der Waals surface area contributed by atoms with Crippen molar-refractivity contribution < 1.29 is 5.11 Å². The van der Waals surface area contributed by atoms with Crippen molar-refractivity contribution in [1.82, 2.24) is 19.9 Å². The van der Waals surface area contributed by atoms with Crippen molar-refractivity contribution in [3.8, 4) is 0 Å². The predicted octanol–water partition coefficient (Wildman–Crippen LogP) is 5.74. The summed E-state index contributed by atoms with van der Waals surface area (Å²) in [7, 11) is 0. The molecule has 4 aliphatic rings. The molecule has 36 heavy (non-hydrogen) atoms. The highest BCUT2D eigenvalue weighted by Crippen LogP contribution is 2.60. The van der Waals surface area contributed by atoms with Crippen LogP contribution in [0.5, 0.6) is 0 Å². The molecule has 8 heteroatoms. The fourth-order valence-electron chi connectivity index (χ4n) is 7.41. The van der Waals surface area contributed by atoms with E-state index >= 15 is 0 Å². The van der Waals surface area contributed by atoms with Gasteiger partial charge in [-0.3, -0.25) is 0 Å². The average Bonchev–Trinajstić information content (AvgIpc) is 2.82. The molecule has 2 aromatic heterocycles. The fraction of sp³-hybridized carbons (Fsp3) is 0.679. The number of aliphatic hydroxyl groups is 1. The highest BCUT2D eigenvalue weighted by atomic mass is 35.5. The standard InChI is InChI=1S/C28H39ClN6O/c1-18-13-28(14-18)15-22(16-28)35-10-7-19(8-11-35)24-17-31-27(33-21-6-9-30-25(29)12-21)34-26(24)32-20-2-4-23(36)5-3-20/h6,9,12,17-20,22-23,36H,2-5,7-8,10-11,13-16H2,1H3,(H2,30,31,32,33,34)/t18?,20-,22?,23-,28?. The molecule has 0 bridgehead atoms. The number of pyridine rings is 1. The van der Waals surface area contributed by atoms with E-state index in [1.807, 2.05) is 12.3 Å². The quantitative estimate of drug-likeness (QED) is 0.427. The van der Waals surface area contributed by atoms with Crippen molar-refractivity contribution in [3.05, 3.63) is 35.2 Å². The van der Waals surface area contributed by atoms with Gasteiger partial charge in [0, 0.05) is 35.7 Å². The van der Waals surface area contributed by atoms with Crippen LogP contribution in [0.4, 0.5) is 17.5 Å². The van der Waals surface area contributed by atoms with E-state index < -0.39 is 0 Å². The van der Waals surface area contributed by atoms with Gasteiger partial charge < -0.3 is 20.6 Å². The number of hydrogen-bond donors (Lipinski definition) is 3. The summed E-state index contributed by atoms with van der Waals surface area (Å²) in [6.45, 7) is 4.75. The second-order valence-electron chi connectivity index (χ2n) is 12.0. The van der Waals surface area contributed by atoms with Crippen molar-refractivity contribution in [2.75, 3.05) is 23.7 Å². The first kappa shape index (κ1) is 24.4. The van der Waals surface area contributed by atoms with Gasteiger partial charge in [0.2, 0.25) is 5.95 Å². The number of likely N-dealkylation sites (tertiary alicyclic amines) is 1. The molecule has 0 amide bonds. The van der Waals surface area contributed by atoms with E-state index in [-0.39, 0.29) is 6.10 Å². The number of nitrogens with zero attached hydrogens (tertiary/aromatic N) is 4. The molecule has 3 heterocycles. The Hall–Kier alpha value is -1.96. The van der Waals surface area contributed by atoms with Crippen LogP contribution in [0.25, 0.3) is 0 Å². The monoisotopic (exact) mass is 510 g/mol. The van der Waals surface area contributed by atoms with Gasteiger partial charge in [0.1, 0.15) is 11.0 Å². The van der Waals surface area contributed by atoms with Crippen molar-refractivity contribution in [3.63, 3.8) is 0 Å². The third kappa shape index (κ3) is 5.20. The predicted molar refractivity (Wildman–Crippen MR) is 144 cm³/mol. The highest BCUT2D eigenvalue weighted by Gasteiger charge is 2.52. The SMILES string of the molecule is CC1CC2(C1)CC(N1CCC(c3cnc(Nc4ccnc(Cl)c4)nc3N[C@H]3CC[C@H](O)CC3)CC1)C2. The fourth-order valence-corrected chi connectivity index (χ4v) is 7.59. The zero-order chi connectivity index (χ0) is 24.7. The van der Waals surface area contributed by atoms with Crippen molar-refractivity contribution >= 4 is 29.1 Å². The van der Waals surface area contributed by atoms with Crippen LogP contribution < -0.4 is 10.6 Å². The maximum Gasteiger partial charge on any atom is 0.229 e. The first-order valence-electron chi connectivity index (χ1n) is 13.9. The first-order chi connectivity index (χ1) is 17.4. The van der Waals surface area contributed by atoms with Crippen molar-refractivity contribution in [2.45, 2.75) is 95.2 Å². The smallest absolute Gasteiger partial charge is 0.229 e. The molecule has 6 rings (SSSR count). The zero-order valence-corrected chi connectivity index (χ0v) is 22.1. The van der Waals surface area contributed by atoms with Crippen molar-refractivity contribution in [2.24, 2.45) is 11.3 Å². The number of halogens is 1. The van der Waals surface area contributed by atoms with E-state index in [1.54, 1.807) is 12.3 Å². The molecule has 1 saturated heterocycles. The Kier molecular flexibility index (Phi) is 6.82. The molecule has 4 fully saturated rings. The first-order valence-corrected chi connectivity index (χ1v) is 14.3. The Morgan fingerprint density at radius 3 is 2.47 bits per heavy atom. The third-order valence-corrected chi connectivity index (χ3v) is 9.43. The summed E-state index contributed by atoms with van der Waals surface area (Å²) in [6, 6.07) is 4.78. The van der Waals surface area contributed by atoms with E-state index in [9.17, 15) is 5.11 Å². The lowest BCUT2D eigenvalue weighted by molar-refractivity contribution is -0.0879. The van der Waals surface area contributed by atoms with Crippen molar-refractivity contribution in [1.29, 1.82) is 0 Å². The minimum atomic E-state index is -0.167. The van der Waals surface area contributed by atoms with Gasteiger partial charge >= 0.3 is 0 Å².